The number of nitrogens with one attached hydrogen (secondary N) is 2. The average Bonchev–Trinajstić information content (AvgIpc) is 2.90. The van der Waals surface area contributed by atoms with Gasteiger partial charge >= 0.3 is 0 Å². The van der Waals surface area contributed by atoms with Gasteiger partial charge in [-0.25, -0.2) is 4.98 Å². The van der Waals surface area contributed by atoms with Crippen molar-refractivity contribution in [2.75, 3.05) is 6.54 Å². The molecule has 3 aromatic rings. The summed E-state index contributed by atoms with van der Waals surface area (Å²) >= 11 is 0. The van der Waals surface area contributed by atoms with Crippen LogP contribution >= 0.6 is 0 Å². The predicted molar refractivity (Wildman–Crippen MR) is 157 cm³/mol. The first-order valence-corrected chi connectivity index (χ1v) is 14.4. The molecule has 1 unspecified atom stereocenters. The van der Waals surface area contributed by atoms with Crippen molar-refractivity contribution in [3.05, 3.63) is 77.7 Å². The summed E-state index contributed by atoms with van der Waals surface area (Å²) in [5, 5.41) is 18.0. The molecule has 3 heterocycles. The number of aliphatic hydroxyl groups is 1. The third-order valence-electron chi connectivity index (χ3n) is 8.02. The summed E-state index contributed by atoms with van der Waals surface area (Å²) in [7, 11) is 0. The Morgan fingerprint density at radius 2 is 1.90 bits per heavy atom. The molecule has 1 aromatic carbocycles. The van der Waals surface area contributed by atoms with E-state index >= 15 is 0 Å². The van der Waals surface area contributed by atoms with Gasteiger partial charge in [-0.05, 0) is 78.0 Å². The van der Waals surface area contributed by atoms with Gasteiger partial charge in [0.1, 0.15) is 5.60 Å². The Hall–Kier alpha value is -3.29. The number of hydrogen-bond donors (Lipinski definition) is 3. The van der Waals surface area contributed by atoms with Crippen LogP contribution in [0.25, 0.3) is 11.1 Å². The number of hydrogen-bond acceptors (Lipinski definition) is 6. The molecular weight excluding hydrogens is 500 g/mol. The smallest absolute Gasteiger partial charge is 0.218 e. The molecule has 40 heavy (non-hydrogen) atoms. The lowest BCUT2D eigenvalue weighted by molar-refractivity contribution is -0.120. The molecule has 1 aliphatic heterocycles. The van der Waals surface area contributed by atoms with E-state index < -0.39 is 12.1 Å². The number of carbonyl (C=O) groups is 1. The van der Waals surface area contributed by atoms with Crippen LogP contribution in [0, 0.1) is 5.41 Å². The molecule has 3 N–H and O–H groups in total. The van der Waals surface area contributed by atoms with Crippen molar-refractivity contribution >= 4 is 5.91 Å². The summed E-state index contributed by atoms with van der Waals surface area (Å²) in [6.45, 7) is 8.53. The van der Waals surface area contributed by atoms with Gasteiger partial charge in [-0.3, -0.25) is 9.78 Å². The van der Waals surface area contributed by atoms with Crippen molar-refractivity contribution in [1.29, 1.82) is 0 Å². The van der Waals surface area contributed by atoms with Crippen molar-refractivity contribution in [3.8, 4) is 17.0 Å². The molecule has 1 spiro atoms. The second kappa shape index (κ2) is 11.7. The van der Waals surface area contributed by atoms with Crippen LogP contribution in [0.4, 0.5) is 0 Å². The molecule has 2 aromatic heterocycles. The van der Waals surface area contributed by atoms with Gasteiger partial charge in [-0.15, -0.1) is 0 Å². The number of nitrogens with zero attached hydrogens (tertiary/aromatic N) is 2. The Kier molecular flexibility index (Phi) is 8.24. The minimum Gasteiger partial charge on any atom is -0.471 e. The number of aliphatic hydroxyl groups excluding tert-OH is 1. The summed E-state index contributed by atoms with van der Waals surface area (Å²) in [6, 6.07) is 14.0. The van der Waals surface area contributed by atoms with Crippen LogP contribution in [0.15, 0.2) is 61.1 Å². The molecule has 1 aliphatic carbocycles. The van der Waals surface area contributed by atoms with Gasteiger partial charge in [0.25, 0.3) is 0 Å². The highest BCUT2D eigenvalue weighted by atomic mass is 16.5. The van der Waals surface area contributed by atoms with E-state index in [-0.39, 0.29) is 23.0 Å². The lowest BCUT2D eigenvalue weighted by Gasteiger charge is -2.47. The molecule has 7 heteroatoms. The van der Waals surface area contributed by atoms with E-state index in [1.807, 2.05) is 30.5 Å². The molecule has 212 valence electrons. The van der Waals surface area contributed by atoms with Crippen LogP contribution in [0.5, 0.6) is 5.88 Å². The number of carbonyl (C=O) groups excluding carboxylic acids is 1. The zero-order chi connectivity index (χ0) is 28.3. The molecule has 0 bridgehead atoms. The Labute approximate surface area is 237 Å². The molecule has 1 saturated carbocycles. The Morgan fingerprint density at radius 1 is 1.12 bits per heavy atom. The van der Waals surface area contributed by atoms with Crippen molar-refractivity contribution < 1.29 is 14.6 Å². The van der Waals surface area contributed by atoms with Gasteiger partial charge in [0.2, 0.25) is 11.8 Å². The molecule has 0 saturated heterocycles. The van der Waals surface area contributed by atoms with Gasteiger partial charge in [0.15, 0.2) is 0 Å². The van der Waals surface area contributed by atoms with E-state index in [0.717, 1.165) is 54.4 Å². The van der Waals surface area contributed by atoms with Gasteiger partial charge in [-0.1, -0.05) is 45.0 Å². The Bertz CT molecular complexity index is 1320. The maximum absolute atomic E-state index is 12.1. The summed E-state index contributed by atoms with van der Waals surface area (Å²) in [6.07, 6.45) is 10.2. The highest BCUT2D eigenvalue weighted by Gasteiger charge is 2.46. The van der Waals surface area contributed by atoms with Crippen molar-refractivity contribution in [1.82, 2.24) is 20.6 Å². The largest absolute Gasteiger partial charge is 0.471 e. The zero-order valence-electron chi connectivity index (χ0n) is 24.1. The van der Waals surface area contributed by atoms with Crippen molar-refractivity contribution in [2.45, 2.75) is 90.0 Å². The van der Waals surface area contributed by atoms with Crippen LogP contribution in [0.1, 0.15) is 76.1 Å². The summed E-state index contributed by atoms with van der Waals surface area (Å²) < 4.78 is 6.43. The fourth-order valence-electron chi connectivity index (χ4n) is 5.97. The number of amides is 1. The maximum Gasteiger partial charge on any atom is 0.218 e. The molecule has 2 aliphatic rings. The standard InChI is InChI=1S/C33H42N4O3/c1-22(38)37-28(17-23-7-5-8-26(15-23)25-9-13-34-14-10-25)30(39)21-35-29-19-33(11-6-12-33)40-31-27(29)16-24(20-36-31)18-32(2,3)4/h5,7-10,13-16,20,28-30,35,39H,6,11-12,17-19,21H2,1-4H3,(H,37,38)/t28?,29-,30+/m0/s1. The fourth-order valence-corrected chi connectivity index (χ4v) is 5.97. The molecule has 3 atom stereocenters. The lowest BCUT2D eigenvalue weighted by atomic mass is 9.73. The van der Waals surface area contributed by atoms with Gasteiger partial charge in [0.05, 0.1) is 12.1 Å². The number of aromatic nitrogens is 2. The van der Waals surface area contributed by atoms with Crippen LogP contribution in [-0.4, -0.2) is 45.3 Å². The Balaban J connectivity index is 1.32. The molecule has 0 radical (unpaired) electrons. The molecular formula is C33H42N4O3. The summed E-state index contributed by atoms with van der Waals surface area (Å²) in [5.74, 6) is 0.553. The van der Waals surface area contributed by atoms with Crippen LogP contribution in [-0.2, 0) is 17.6 Å². The predicted octanol–water partition coefficient (Wildman–Crippen LogP) is 5.18. The van der Waals surface area contributed by atoms with E-state index in [0.29, 0.717) is 18.8 Å². The summed E-state index contributed by atoms with van der Waals surface area (Å²) in [4.78, 5) is 21.0. The maximum atomic E-state index is 12.1. The van der Waals surface area contributed by atoms with Crippen molar-refractivity contribution in [2.24, 2.45) is 5.41 Å². The fraction of sp³-hybridized carbons (Fsp3) is 0.485. The number of ether oxygens (including phenoxy) is 1. The van der Waals surface area contributed by atoms with E-state index in [2.05, 4.69) is 54.6 Å². The second-order valence-electron chi connectivity index (χ2n) is 12.8. The monoisotopic (exact) mass is 542 g/mol. The van der Waals surface area contributed by atoms with E-state index in [1.165, 1.54) is 12.5 Å². The highest BCUT2D eigenvalue weighted by molar-refractivity contribution is 5.73. The van der Waals surface area contributed by atoms with Crippen molar-refractivity contribution in [3.63, 3.8) is 0 Å². The van der Waals surface area contributed by atoms with Crippen LogP contribution in [0.2, 0.25) is 0 Å². The van der Waals surface area contributed by atoms with Gasteiger partial charge in [0, 0.05) is 50.1 Å². The first-order chi connectivity index (χ1) is 19.1. The second-order valence-corrected chi connectivity index (χ2v) is 12.8. The van der Waals surface area contributed by atoms with E-state index in [4.69, 9.17) is 9.72 Å². The van der Waals surface area contributed by atoms with Crippen LogP contribution in [0.3, 0.4) is 0 Å². The SMILES string of the molecule is CC(=O)NC(Cc1cccc(-c2ccncc2)c1)[C@H](O)CN[C@H]1CC2(CCC2)Oc2ncc(CC(C)(C)C)cc21. The minimum absolute atomic E-state index is 0.0270. The third kappa shape index (κ3) is 6.88. The van der Waals surface area contributed by atoms with Crippen LogP contribution < -0.4 is 15.4 Å². The molecule has 5 rings (SSSR count). The zero-order valence-corrected chi connectivity index (χ0v) is 24.1. The summed E-state index contributed by atoms with van der Waals surface area (Å²) in [5.41, 5.74) is 5.45. The van der Waals surface area contributed by atoms with Gasteiger partial charge in [-0.2, -0.15) is 0 Å². The third-order valence-corrected chi connectivity index (χ3v) is 8.02. The molecule has 1 amide bonds. The average molecular weight is 543 g/mol. The molecule has 1 fully saturated rings. The lowest BCUT2D eigenvalue weighted by Crippen LogP contribution is -2.52. The number of rotatable bonds is 9. The Morgan fingerprint density at radius 3 is 2.58 bits per heavy atom. The highest BCUT2D eigenvalue weighted by Crippen LogP contribution is 2.48. The number of benzene rings is 1. The quantitative estimate of drug-likeness (QED) is 0.345. The first kappa shape index (κ1) is 28.2. The normalized spacial score (nSPS) is 19.2. The minimum atomic E-state index is -0.775. The molecule has 7 nitrogen and oxygen atoms in total. The van der Waals surface area contributed by atoms with Gasteiger partial charge < -0.3 is 20.5 Å². The topological polar surface area (TPSA) is 96.4 Å². The number of fused-ring (bicyclic) bond motifs is 1. The first-order valence-electron chi connectivity index (χ1n) is 14.4. The number of pyridine rings is 2. The van der Waals surface area contributed by atoms with E-state index in [9.17, 15) is 9.90 Å². The van der Waals surface area contributed by atoms with E-state index in [1.54, 1.807) is 12.4 Å².